The summed E-state index contributed by atoms with van der Waals surface area (Å²) in [5.74, 6) is -0.0423. The third-order valence-electron chi connectivity index (χ3n) is 2.25. The molecule has 80 valence electrons. The summed E-state index contributed by atoms with van der Waals surface area (Å²) in [5, 5.41) is 0. The Balaban J connectivity index is 2.11. The van der Waals surface area contributed by atoms with Crippen molar-refractivity contribution in [1.29, 1.82) is 0 Å². The van der Waals surface area contributed by atoms with Gasteiger partial charge in [0.2, 0.25) is 0 Å². The van der Waals surface area contributed by atoms with Crippen molar-refractivity contribution in [1.82, 2.24) is 9.97 Å². The number of aldehydes is 1. The van der Waals surface area contributed by atoms with Crippen molar-refractivity contribution in [2.75, 3.05) is 0 Å². The molecule has 0 saturated heterocycles. The molecule has 2 rings (SSSR count). The molecule has 0 aromatic carbocycles. The third-order valence-corrected chi connectivity index (χ3v) is 2.25. The largest absolute Gasteiger partial charge is 0.350 e. The van der Waals surface area contributed by atoms with Gasteiger partial charge in [-0.3, -0.25) is 14.6 Å². The summed E-state index contributed by atoms with van der Waals surface area (Å²) >= 11 is 0. The summed E-state index contributed by atoms with van der Waals surface area (Å²) in [4.78, 5) is 28.9. The Morgan fingerprint density at radius 3 is 2.62 bits per heavy atom. The molecule has 0 fully saturated rings. The van der Waals surface area contributed by atoms with Gasteiger partial charge in [-0.25, -0.2) is 0 Å². The molecule has 1 N–H and O–H groups in total. The lowest BCUT2D eigenvalue weighted by Crippen LogP contribution is -2.04. The second-order valence-corrected chi connectivity index (χ2v) is 3.40. The molecule has 0 aliphatic rings. The molecule has 0 amide bonds. The first-order chi connectivity index (χ1) is 7.79. The lowest BCUT2D eigenvalue weighted by molar-refractivity contribution is 0.0989. The van der Waals surface area contributed by atoms with E-state index in [0.29, 0.717) is 24.1 Å². The van der Waals surface area contributed by atoms with E-state index in [1.807, 2.05) is 0 Å². The maximum atomic E-state index is 11.8. The summed E-state index contributed by atoms with van der Waals surface area (Å²) in [6.45, 7) is 0. The van der Waals surface area contributed by atoms with Crippen LogP contribution in [0.3, 0.4) is 0 Å². The number of Topliss-reactive ketones (excluding diaryl/α,β-unsaturated/α-hetero) is 1. The van der Waals surface area contributed by atoms with E-state index >= 15 is 0 Å². The van der Waals surface area contributed by atoms with Gasteiger partial charge < -0.3 is 4.98 Å². The SMILES string of the molecule is O=Cc1ccc(C(=O)Cc2ccncc2)[nH]1. The standard InChI is InChI=1S/C12H10N2O2/c15-8-10-1-2-11(14-10)12(16)7-9-3-5-13-6-4-9/h1-6,8,14H,7H2. The van der Waals surface area contributed by atoms with Crippen molar-refractivity contribution in [3.05, 3.63) is 53.6 Å². The second kappa shape index (κ2) is 4.53. The number of ketones is 1. The molecule has 2 heterocycles. The van der Waals surface area contributed by atoms with Gasteiger partial charge in [0.05, 0.1) is 11.4 Å². The van der Waals surface area contributed by atoms with Crippen molar-refractivity contribution >= 4 is 12.1 Å². The minimum absolute atomic E-state index is 0.0423. The Morgan fingerprint density at radius 2 is 2.00 bits per heavy atom. The summed E-state index contributed by atoms with van der Waals surface area (Å²) in [6.07, 6.45) is 4.28. The molecule has 0 saturated carbocycles. The van der Waals surface area contributed by atoms with Crippen LogP contribution in [0.2, 0.25) is 0 Å². The van der Waals surface area contributed by atoms with Gasteiger partial charge in [-0.05, 0) is 29.8 Å². The highest BCUT2D eigenvalue weighted by molar-refractivity contribution is 5.96. The van der Waals surface area contributed by atoms with E-state index in [2.05, 4.69) is 9.97 Å². The van der Waals surface area contributed by atoms with Crippen LogP contribution < -0.4 is 0 Å². The quantitative estimate of drug-likeness (QED) is 0.621. The summed E-state index contributed by atoms with van der Waals surface area (Å²) in [5.41, 5.74) is 1.78. The molecular weight excluding hydrogens is 204 g/mol. The third kappa shape index (κ3) is 2.23. The first-order valence-electron chi connectivity index (χ1n) is 4.86. The number of hydrogen-bond donors (Lipinski definition) is 1. The minimum atomic E-state index is -0.0423. The molecule has 4 nitrogen and oxygen atoms in total. The molecule has 0 radical (unpaired) electrons. The van der Waals surface area contributed by atoms with Crippen molar-refractivity contribution in [2.45, 2.75) is 6.42 Å². The maximum absolute atomic E-state index is 11.8. The highest BCUT2D eigenvalue weighted by Crippen LogP contribution is 2.06. The van der Waals surface area contributed by atoms with E-state index in [4.69, 9.17) is 0 Å². The lowest BCUT2D eigenvalue weighted by atomic mass is 10.1. The number of nitrogens with zero attached hydrogens (tertiary/aromatic N) is 1. The van der Waals surface area contributed by atoms with Crippen LogP contribution in [0.15, 0.2) is 36.7 Å². The Bertz CT molecular complexity index is 503. The van der Waals surface area contributed by atoms with Crippen molar-refractivity contribution in [2.24, 2.45) is 0 Å². The van der Waals surface area contributed by atoms with E-state index in [9.17, 15) is 9.59 Å². The smallest absolute Gasteiger partial charge is 0.183 e. The number of aromatic nitrogens is 2. The molecule has 2 aromatic rings. The van der Waals surface area contributed by atoms with Gasteiger partial charge in [0.1, 0.15) is 0 Å². The van der Waals surface area contributed by atoms with Crippen LogP contribution in [0.25, 0.3) is 0 Å². The summed E-state index contributed by atoms with van der Waals surface area (Å²) in [7, 11) is 0. The number of pyridine rings is 1. The van der Waals surface area contributed by atoms with E-state index in [0.717, 1.165) is 5.56 Å². The molecule has 2 aromatic heterocycles. The van der Waals surface area contributed by atoms with Gasteiger partial charge in [0.25, 0.3) is 0 Å². The molecule has 4 heteroatoms. The Hall–Kier alpha value is -2.23. The number of H-pyrrole nitrogens is 1. The van der Waals surface area contributed by atoms with Gasteiger partial charge >= 0.3 is 0 Å². The van der Waals surface area contributed by atoms with Crippen LogP contribution in [-0.4, -0.2) is 22.0 Å². The zero-order valence-corrected chi connectivity index (χ0v) is 8.51. The number of rotatable bonds is 4. The van der Waals surface area contributed by atoms with E-state index in [1.54, 1.807) is 36.7 Å². The van der Waals surface area contributed by atoms with Gasteiger partial charge in [0.15, 0.2) is 12.1 Å². The van der Waals surface area contributed by atoms with Crippen LogP contribution in [-0.2, 0) is 6.42 Å². The van der Waals surface area contributed by atoms with Gasteiger partial charge in [-0.1, -0.05) is 0 Å². The molecule has 0 aliphatic carbocycles. The van der Waals surface area contributed by atoms with E-state index < -0.39 is 0 Å². The molecule has 0 unspecified atom stereocenters. The van der Waals surface area contributed by atoms with E-state index in [1.165, 1.54) is 0 Å². The molecule has 0 spiro atoms. The number of carbonyl (C=O) groups is 2. The molecule has 0 bridgehead atoms. The fourth-order valence-electron chi connectivity index (χ4n) is 1.42. The van der Waals surface area contributed by atoms with Gasteiger partial charge in [-0.2, -0.15) is 0 Å². The number of hydrogen-bond acceptors (Lipinski definition) is 3. The Kier molecular flexibility index (Phi) is 2.91. The summed E-state index contributed by atoms with van der Waals surface area (Å²) < 4.78 is 0. The topological polar surface area (TPSA) is 62.8 Å². The molecule has 0 aliphatic heterocycles. The van der Waals surface area contributed by atoms with Gasteiger partial charge in [0, 0.05) is 18.8 Å². The normalized spacial score (nSPS) is 10.0. The van der Waals surface area contributed by atoms with E-state index in [-0.39, 0.29) is 5.78 Å². The first kappa shape index (κ1) is 10.3. The van der Waals surface area contributed by atoms with Crippen LogP contribution >= 0.6 is 0 Å². The average molecular weight is 214 g/mol. The number of carbonyl (C=O) groups excluding carboxylic acids is 2. The first-order valence-corrected chi connectivity index (χ1v) is 4.86. The fraction of sp³-hybridized carbons (Fsp3) is 0.0833. The van der Waals surface area contributed by atoms with Crippen molar-refractivity contribution in [3.63, 3.8) is 0 Å². The Labute approximate surface area is 92.3 Å². The van der Waals surface area contributed by atoms with Crippen LogP contribution in [0.5, 0.6) is 0 Å². The Morgan fingerprint density at radius 1 is 1.25 bits per heavy atom. The maximum Gasteiger partial charge on any atom is 0.183 e. The highest BCUT2D eigenvalue weighted by Gasteiger charge is 2.08. The van der Waals surface area contributed by atoms with Crippen molar-refractivity contribution in [3.8, 4) is 0 Å². The second-order valence-electron chi connectivity index (χ2n) is 3.40. The minimum Gasteiger partial charge on any atom is -0.350 e. The van der Waals surface area contributed by atoms with Crippen molar-refractivity contribution < 1.29 is 9.59 Å². The number of aromatic amines is 1. The van der Waals surface area contributed by atoms with Crippen LogP contribution in [0.1, 0.15) is 26.5 Å². The lowest BCUT2D eigenvalue weighted by Gasteiger charge is -1.98. The monoisotopic (exact) mass is 214 g/mol. The predicted octanol–water partition coefficient (Wildman–Crippen LogP) is 1.65. The van der Waals surface area contributed by atoms with Crippen LogP contribution in [0, 0.1) is 0 Å². The van der Waals surface area contributed by atoms with Crippen LogP contribution in [0.4, 0.5) is 0 Å². The molecule has 0 atom stereocenters. The fourth-order valence-corrected chi connectivity index (χ4v) is 1.42. The average Bonchev–Trinajstić information content (AvgIpc) is 2.79. The predicted molar refractivity (Wildman–Crippen MR) is 58.5 cm³/mol. The number of nitrogens with one attached hydrogen (secondary N) is 1. The molecule has 16 heavy (non-hydrogen) atoms. The molecular formula is C12H10N2O2. The highest BCUT2D eigenvalue weighted by atomic mass is 16.1. The zero-order valence-electron chi connectivity index (χ0n) is 8.51. The zero-order chi connectivity index (χ0) is 11.4. The van der Waals surface area contributed by atoms with Gasteiger partial charge in [-0.15, -0.1) is 0 Å². The summed E-state index contributed by atoms with van der Waals surface area (Å²) in [6, 6.07) is 6.79.